The molecule has 0 aromatic rings. The van der Waals surface area contributed by atoms with Crippen LogP contribution in [0, 0.1) is 5.92 Å². The van der Waals surface area contributed by atoms with E-state index in [1.54, 1.807) is 11.8 Å². The van der Waals surface area contributed by atoms with Crippen LogP contribution >= 0.6 is 11.8 Å². The Balaban J connectivity index is 2.37. The van der Waals surface area contributed by atoms with Crippen LogP contribution < -0.4 is 10.6 Å². The molecular weight excluding hydrogens is 280 g/mol. The number of urea groups is 1. The third-order valence-corrected chi connectivity index (χ3v) is 4.19. The summed E-state index contributed by atoms with van der Waals surface area (Å²) in [5.41, 5.74) is 0. The van der Waals surface area contributed by atoms with Gasteiger partial charge < -0.3 is 20.5 Å². The Morgan fingerprint density at radius 1 is 1.35 bits per heavy atom. The van der Waals surface area contributed by atoms with E-state index in [1.807, 2.05) is 13.2 Å². The van der Waals surface area contributed by atoms with E-state index in [4.69, 9.17) is 9.84 Å². The van der Waals surface area contributed by atoms with Crippen LogP contribution in [0.2, 0.25) is 0 Å². The molecule has 3 N–H and O–H groups in total. The Kier molecular flexibility index (Phi) is 7.76. The molecule has 1 aliphatic heterocycles. The first-order chi connectivity index (χ1) is 9.54. The second kappa shape index (κ2) is 9.07. The van der Waals surface area contributed by atoms with Gasteiger partial charge in [-0.15, -0.1) is 0 Å². The van der Waals surface area contributed by atoms with E-state index in [1.165, 1.54) is 0 Å². The number of rotatable bonds is 7. The van der Waals surface area contributed by atoms with Crippen molar-refractivity contribution < 1.29 is 19.4 Å². The maximum absolute atomic E-state index is 11.9. The predicted octanol–water partition coefficient (Wildman–Crippen LogP) is 1.31. The molecule has 0 aromatic heterocycles. The molecule has 2 amide bonds. The number of carboxylic acids is 1. The van der Waals surface area contributed by atoms with Gasteiger partial charge in [-0.05, 0) is 44.1 Å². The van der Waals surface area contributed by atoms with Gasteiger partial charge in [0, 0.05) is 19.3 Å². The van der Waals surface area contributed by atoms with E-state index >= 15 is 0 Å². The van der Waals surface area contributed by atoms with Crippen molar-refractivity contribution in [1.82, 2.24) is 10.6 Å². The summed E-state index contributed by atoms with van der Waals surface area (Å²) in [7, 11) is 0. The lowest BCUT2D eigenvalue weighted by Gasteiger charge is -2.28. The molecule has 1 aliphatic rings. The summed E-state index contributed by atoms with van der Waals surface area (Å²) in [6, 6.07) is -1.21. The number of ether oxygens (including phenoxy) is 1. The molecule has 116 valence electrons. The minimum absolute atomic E-state index is 0.0221. The van der Waals surface area contributed by atoms with Crippen LogP contribution in [-0.2, 0) is 9.53 Å². The Bertz CT molecular complexity index is 321. The van der Waals surface area contributed by atoms with Crippen LogP contribution in [-0.4, -0.2) is 54.4 Å². The zero-order valence-corrected chi connectivity index (χ0v) is 12.9. The number of carbonyl (C=O) groups excluding carboxylic acids is 1. The lowest BCUT2D eigenvalue weighted by molar-refractivity contribution is -0.139. The van der Waals surface area contributed by atoms with E-state index < -0.39 is 18.0 Å². The third kappa shape index (κ3) is 6.00. The molecule has 0 spiro atoms. The Morgan fingerprint density at radius 2 is 2.00 bits per heavy atom. The quantitative estimate of drug-likeness (QED) is 0.660. The average Bonchev–Trinajstić information content (AvgIpc) is 2.44. The van der Waals surface area contributed by atoms with Gasteiger partial charge in [-0.25, -0.2) is 9.59 Å². The lowest BCUT2D eigenvalue weighted by Crippen LogP contribution is -2.50. The highest BCUT2D eigenvalue weighted by Gasteiger charge is 2.24. The third-order valence-electron chi connectivity index (χ3n) is 3.55. The number of thioether (sulfide) groups is 1. The molecule has 1 rings (SSSR count). The Hall–Kier alpha value is -0.950. The highest BCUT2D eigenvalue weighted by atomic mass is 32.2. The molecule has 1 saturated heterocycles. The SMILES string of the molecule is CSCC[C@H](NC(=O)NC(C)C1CCOCC1)C(=O)O. The van der Waals surface area contributed by atoms with E-state index in [-0.39, 0.29) is 6.04 Å². The predicted molar refractivity (Wildman–Crippen MR) is 79.1 cm³/mol. The molecule has 0 saturated carbocycles. The Labute approximate surface area is 124 Å². The maximum Gasteiger partial charge on any atom is 0.326 e. The van der Waals surface area contributed by atoms with Gasteiger partial charge >= 0.3 is 12.0 Å². The van der Waals surface area contributed by atoms with E-state index in [9.17, 15) is 9.59 Å². The molecule has 0 radical (unpaired) electrons. The molecule has 1 fully saturated rings. The summed E-state index contributed by atoms with van der Waals surface area (Å²) in [4.78, 5) is 22.9. The molecule has 2 atom stereocenters. The average molecular weight is 304 g/mol. The van der Waals surface area contributed by atoms with Gasteiger partial charge in [0.25, 0.3) is 0 Å². The summed E-state index contributed by atoms with van der Waals surface area (Å²) in [5, 5.41) is 14.4. The fourth-order valence-corrected chi connectivity index (χ4v) is 2.70. The van der Waals surface area contributed by atoms with Gasteiger partial charge in [0.2, 0.25) is 0 Å². The molecule has 1 unspecified atom stereocenters. The second-order valence-electron chi connectivity index (χ2n) is 5.03. The van der Waals surface area contributed by atoms with Gasteiger partial charge in [-0.3, -0.25) is 0 Å². The lowest BCUT2D eigenvalue weighted by atomic mass is 9.93. The number of amides is 2. The normalized spacial score (nSPS) is 19.1. The Morgan fingerprint density at radius 3 is 2.55 bits per heavy atom. The van der Waals surface area contributed by atoms with Crippen LogP contribution in [0.4, 0.5) is 4.79 Å². The molecule has 7 heteroatoms. The maximum atomic E-state index is 11.9. The van der Waals surface area contributed by atoms with Crippen molar-refractivity contribution in [3.8, 4) is 0 Å². The van der Waals surface area contributed by atoms with Crippen LogP contribution in [0.5, 0.6) is 0 Å². The van der Waals surface area contributed by atoms with Gasteiger partial charge in [0.15, 0.2) is 0 Å². The van der Waals surface area contributed by atoms with Crippen LogP contribution in [0.25, 0.3) is 0 Å². The fraction of sp³-hybridized carbons (Fsp3) is 0.846. The van der Waals surface area contributed by atoms with Crippen molar-refractivity contribution in [1.29, 1.82) is 0 Å². The number of aliphatic carboxylic acids is 1. The monoisotopic (exact) mass is 304 g/mol. The zero-order chi connectivity index (χ0) is 15.0. The minimum atomic E-state index is -0.993. The summed E-state index contributed by atoms with van der Waals surface area (Å²) in [5.74, 6) is 0.101. The molecule has 0 aromatic carbocycles. The zero-order valence-electron chi connectivity index (χ0n) is 12.1. The van der Waals surface area contributed by atoms with E-state index in [2.05, 4.69) is 10.6 Å². The van der Waals surface area contributed by atoms with Crippen molar-refractivity contribution >= 4 is 23.8 Å². The van der Waals surface area contributed by atoms with Crippen molar-refractivity contribution in [2.45, 2.75) is 38.3 Å². The topological polar surface area (TPSA) is 87.7 Å². The van der Waals surface area contributed by atoms with Crippen molar-refractivity contribution in [2.75, 3.05) is 25.2 Å². The fourth-order valence-electron chi connectivity index (χ4n) is 2.23. The van der Waals surface area contributed by atoms with Crippen molar-refractivity contribution in [3.05, 3.63) is 0 Å². The van der Waals surface area contributed by atoms with Gasteiger partial charge in [0.1, 0.15) is 6.04 Å². The highest BCUT2D eigenvalue weighted by Crippen LogP contribution is 2.18. The molecule has 20 heavy (non-hydrogen) atoms. The van der Waals surface area contributed by atoms with E-state index in [0.29, 0.717) is 18.1 Å². The first-order valence-electron chi connectivity index (χ1n) is 6.91. The summed E-state index contributed by atoms with van der Waals surface area (Å²) in [6.07, 6.45) is 4.19. The number of carboxylic acid groups (broad SMARTS) is 1. The van der Waals surface area contributed by atoms with E-state index in [0.717, 1.165) is 26.1 Å². The van der Waals surface area contributed by atoms with Crippen LogP contribution in [0.15, 0.2) is 0 Å². The first kappa shape index (κ1) is 17.1. The number of carbonyl (C=O) groups is 2. The standard InChI is InChI=1S/C13H24N2O4S/c1-9(10-3-6-19-7-4-10)14-13(18)15-11(12(16)17)5-8-20-2/h9-11H,3-8H2,1-2H3,(H,16,17)(H2,14,15,18)/t9?,11-/m0/s1. The molecule has 0 aliphatic carbocycles. The molecule has 0 bridgehead atoms. The second-order valence-corrected chi connectivity index (χ2v) is 6.01. The van der Waals surface area contributed by atoms with Crippen molar-refractivity contribution in [2.24, 2.45) is 5.92 Å². The first-order valence-corrected chi connectivity index (χ1v) is 8.30. The highest BCUT2D eigenvalue weighted by molar-refractivity contribution is 7.98. The summed E-state index contributed by atoms with van der Waals surface area (Å²) < 4.78 is 5.29. The van der Waals surface area contributed by atoms with Crippen LogP contribution in [0.1, 0.15) is 26.2 Å². The summed E-state index contributed by atoms with van der Waals surface area (Å²) >= 11 is 1.56. The number of hydrogen-bond donors (Lipinski definition) is 3. The smallest absolute Gasteiger partial charge is 0.326 e. The van der Waals surface area contributed by atoms with Gasteiger partial charge in [0.05, 0.1) is 0 Å². The molecule has 1 heterocycles. The van der Waals surface area contributed by atoms with Crippen LogP contribution in [0.3, 0.4) is 0 Å². The minimum Gasteiger partial charge on any atom is -0.480 e. The largest absolute Gasteiger partial charge is 0.480 e. The molecular formula is C13H24N2O4S. The number of hydrogen-bond acceptors (Lipinski definition) is 4. The van der Waals surface area contributed by atoms with Gasteiger partial charge in [-0.2, -0.15) is 11.8 Å². The number of nitrogens with one attached hydrogen (secondary N) is 2. The van der Waals surface area contributed by atoms with Gasteiger partial charge in [-0.1, -0.05) is 0 Å². The summed E-state index contributed by atoms with van der Waals surface area (Å²) in [6.45, 7) is 3.40. The van der Waals surface area contributed by atoms with Crippen molar-refractivity contribution in [3.63, 3.8) is 0 Å². The molecule has 6 nitrogen and oxygen atoms in total.